The van der Waals surface area contributed by atoms with E-state index >= 15 is 0 Å². The van der Waals surface area contributed by atoms with E-state index in [1.165, 1.54) is 6.07 Å². The van der Waals surface area contributed by atoms with E-state index in [4.69, 9.17) is 22.3 Å². The Morgan fingerprint density at radius 1 is 1.40 bits per heavy atom. The molecule has 1 rings (SSSR count). The summed E-state index contributed by atoms with van der Waals surface area (Å²) in [6.45, 7) is 1.69. The summed E-state index contributed by atoms with van der Waals surface area (Å²) in [7, 11) is 1.44. The van der Waals surface area contributed by atoms with Gasteiger partial charge in [0, 0.05) is 10.7 Å². The van der Waals surface area contributed by atoms with Gasteiger partial charge in [-0.25, -0.2) is 12.8 Å². The lowest BCUT2D eigenvalue weighted by atomic mass is 10.1. The van der Waals surface area contributed by atoms with E-state index in [0.29, 0.717) is 11.1 Å². The van der Waals surface area contributed by atoms with E-state index in [-0.39, 0.29) is 17.2 Å². The third-order valence-corrected chi connectivity index (χ3v) is 3.47. The molecule has 0 saturated carbocycles. The van der Waals surface area contributed by atoms with Crippen molar-refractivity contribution < 1.29 is 12.8 Å². The second kappa shape index (κ2) is 4.68. The molecular formula is C9H9Cl2FO2S. The summed E-state index contributed by atoms with van der Waals surface area (Å²) in [4.78, 5) is 0. The van der Waals surface area contributed by atoms with E-state index in [9.17, 15) is 12.8 Å². The van der Waals surface area contributed by atoms with Crippen molar-refractivity contribution in [1.29, 1.82) is 0 Å². The van der Waals surface area contributed by atoms with Gasteiger partial charge >= 0.3 is 0 Å². The maximum Gasteiger partial charge on any atom is 0.232 e. The molecule has 1 aromatic rings. The molecule has 84 valence electrons. The summed E-state index contributed by atoms with van der Waals surface area (Å²) in [6.07, 6.45) is 0.0318. The van der Waals surface area contributed by atoms with Gasteiger partial charge in [-0.2, -0.15) is 0 Å². The van der Waals surface area contributed by atoms with Gasteiger partial charge in [-0.05, 0) is 30.5 Å². The summed E-state index contributed by atoms with van der Waals surface area (Å²) in [5.74, 6) is -0.871. The molecule has 0 aliphatic heterocycles. The maximum atomic E-state index is 13.5. The Hall–Kier alpha value is -0.320. The monoisotopic (exact) mass is 270 g/mol. The first-order valence-electron chi connectivity index (χ1n) is 4.17. The van der Waals surface area contributed by atoms with Crippen LogP contribution in [0.15, 0.2) is 12.1 Å². The minimum absolute atomic E-state index is 0.0115. The molecule has 0 aromatic heterocycles. The molecule has 0 bridgehead atoms. The minimum Gasteiger partial charge on any atom is -0.212 e. The van der Waals surface area contributed by atoms with Gasteiger partial charge in [0.25, 0.3) is 0 Å². The molecule has 0 atom stereocenters. The average Bonchev–Trinajstić information content (AvgIpc) is 2.10. The minimum atomic E-state index is -3.61. The van der Waals surface area contributed by atoms with E-state index < -0.39 is 14.9 Å². The molecule has 2 nitrogen and oxygen atoms in total. The van der Waals surface area contributed by atoms with Crippen LogP contribution in [0.2, 0.25) is 5.02 Å². The quantitative estimate of drug-likeness (QED) is 0.792. The molecule has 0 radical (unpaired) electrons. The van der Waals surface area contributed by atoms with Crippen LogP contribution in [-0.4, -0.2) is 14.2 Å². The van der Waals surface area contributed by atoms with Crippen molar-refractivity contribution in [2.24, 2.45) is 0 Å². The number of benzene rings is 1. The standard InChI is InChI=1S/C9H9Cl2FO2S/c1-6-2-3-8(10)9(12)7(6)4-5-15(11,13)14/h2-3H,4-5H2,1H3. The molecule has 0 spiro atoms. The fourth-order valence-corrected chi connectivity index (χ4v) is 2.08. The first-order valence-corrected chi connectivity index (χ1v) is 7.02. The molecule has 0 N–H and O–H groups in total. The molecule has 1 aromatic carbocycles. The van der Waals surface area contributed by atoms with Crippen molar-refractivity contribution in [3.05, 3.63) is 34.1 Å². The highest BCUT2D eigenvalue weighted by Gasteiger charge is 2.13. The lowest BCUT2D eigenvalue weighted by molar-refractivity contribution is 0.601. The summed E-state index contributed by atoms with van der Waals surface area (Å²) >= 11 is 5.58. The SMILES string of the molecule is Cc1ccc(Cl)c(F)c1CCS(=O)(=O)Cl. The first-order chi connectivity index (χ1) is 6.81. The molecule has 0 unspecified atom stereocenters. The molecule has 0 heterocycles. The van der Waals surface area contributed by atoms with Crippen molar-refractivity contribution in [2.45, 2.75) is 13.3 Å². The van der Waals surface area contributed by atoms with E-state index in [1.54, 1.807) is 13.0 Å². The van der Waals surface area contributed by atoms with Crippen LogP contribution in [0.3, 0.4) is 0 Å². The molecule has 6 heteroatoms. The Labute approximate surface area is 97.4 Å². The zero-order chi connectivity index (χ0) is 11.6. The largest absolute Gasteiger partial charge is 0.232 e. The number of hydrogen-bond acceptors (Lipinski definition) is 2. The predicted molar refractivity (Wildman–Crippen MR) is 59.5 cm³/mol. The van der Waals surface area contributed by atoms with Gasteiger partial charge in [0.2, 0.25) is 9.05 Å². The van der Waals surface area contributed by atoms with Gasteiger partial charge in [0.15, 0.2) is 0 Å². The number of hydrogen-bond donors (Lipinski definition) is 0. The fraction of sp³-hybridized carbons (Fsp3) is 0.333. The average molecular weight is 271 g/mol. The lowest BCUT2D eigenvalue weighted by Gasteiger charge is -2.07. The summed E-state index contributed by atoms with van der Waals surface area (Å²) in [5.41, 5.74) is 0.962. The Kier molecular flexibility index (Phi) is 3.98. The second-order valence-corrected chi connectivity index (χ2v) is 6.45. The van der Waals surface area contributed by atoms with Crippen LogP contribution >= 0.6 is 22.3 Å². The van der Waals surface area contributed by atoms with Crippen LogP contribution in [0.25, 0.3) is 0 Å². The number of rotatable bonds is 3. The van der Waals surface area contributed by atoms with Crippen LogP contribution in [-0.2, 0) is 15.5 Å². The van der Waals surface area contributed by atoms with Crippen molar-refractivity contribution in [3.8, 4) is 0 Å². The molecule has 0 fully saturated rings. The van der Waals surface area contributed by atoms with Gasteiger partial charge < -0.3 is 0 Å². The van der Waals surface area contributed by atoms with Crippen LogP contribution in [0, 0.1) is 12.7 Å². The van der Waals surface area contributed by atoms with Crippen molar-refractivity contribution in [1.82, 2.24) is 0 Å². The van der Waals surface area contributed by atoms with Crippen LogP contribution in [0.1, 0.15) is 11.1 Å². The lowest BCUT2D eigenvalue weighted by Crippen LogP contribution is -2.05. The van der Waals surface area contributed by atoms with Gasteiger partial charge in [-0.1, -0.05) is 17.7 Å². The van der Waals surface area contributed by atoms with Crippen molar-refractivity contribution in [3.63, 3.8) is 0 Å². The number of aryl methyl sites for hydroxylation is 1. The zero-order valence-corrected chi connectivity index (χ0v) is 10.3. The van der Waals surface area contributed by atoms with E-state index in [0.717, 1.165) is 0 Å². The van der Waals surface area contributed by atoms with Crippen LogP contribution in [0.5, 0.6) is 0 Å². The third kappa shape index (κ3) is 3.63. The molecular weight excluding hydrogens is 262 g/mol. The van der Waals surface area contributed by atoms with Crippen molar-refractivity contribution >= 4 is 31.3 Å². The van der Waals surface area contributed by atoms with Gasteiger partial charge in [0.1, 0.15) is 5.82 Å². The van der Waals surface area contributed by atoms with Crippen LogP contribution in [0.4, 0.5) is 4.39 Å². The number of halogens is 3. The normalized spacial score (nSPS) is 11.7. The predicted octanol–water partition coefficient (Wildman–Crippen LogP) is 2.90. The highest BCUT2D eigenvalue weighted by atomic mass is 35.7. The van der Waals surface area contributed by atoms with Crippen LogP contribution < -0.4 is 0 Å². The topological polar surface area (TPSA) is 34.1 Å². The Bertz CT molecular complexity index is 471. The molecule has 0 amide bonds. The Morgan fingerprint density at radius 2 is 2.00 bits per heavy atom. The van der Waals surface area contributed by atoms with Gasteiger partial charge in [0.05, 0.1) is 10.8 Å². The summed E-state index contributed by atoms with van der Waals surface area (Å²) in [5, 5.41) is -0.0115. The van der Waals surface area contributed by atoms with E-state index in [2.05, 4.69) is 0 Å². The Morgan fingerprint density at radius 3 is 2.53 bits per heavy atom. The highest BCUT2D eigenvalue weighted by Crippen LogP contribution is 2.22. The smallest absolute Gasteiger partial charge is 0.212 e. The van der Waals surface area contributed by atoms with Crippen molar-refractivity contribution in [2.75, 3.05) is 5.75 Å². The zero-order valence-electron chi connectivity index (χ0n) is 7.93. The van der Waals surface area contributed by atoms with E-state index in [1.807, 2.05) is 0 Å². The third-order valence-electron chi connectivity index (χ3n) is 2.03. The summed E-state index contributed by atoms with van der Waals surface area (Å²) in [6, 6.07) is 3.08. The summed E-state index contributed by atoms with van der Waals surface area (Å²) < 4.78 is 34.9. The fourth-order valence-electron chi connectivity index (χ4n) is 1.22. The molecule has 0 saturated heterocycles. The molecule has 15 heavy (non-hydrogen) atoms. The Balaban J connectivity index is 2.99. The van der Waals surface area contributed by atoms with Gasteiger partial charge in [-0.15, -0.1) is 0 Å². The molecule has 0 aliphatic rings. The first kappa shape index (κ1) is 12.7. The second-order valence-electron chi connectivity index (χ2n) is 3.15. The maximum absolute atomic E-state index is 13.5. The molecule has 0 aliphatic carbocycles. The van der Waals surface area contributed by atoms with Gasteiger partial charge in [-0.3, -0.25) is 0 Å². The highest BCUT2D eigenvalue weighted by molar-refractivity contribution is 8.13.